The fourth-order valence-electron chi connectivity index (χ4n) is 0.669. The van der Waals surface area contributed by atoms with Crippen LogP contribution in [0.3, 0.4) is 0 Å². The molecule has 12 heavy (non-hydrogen) atoms. The van der Waals surface area contributed by atoms with E-state index in [0.29, 0.717) is 0 Å². The number of aromatic hydroxyl groups is 1. The second kappa shape index (κ2) is 3.10. The van der Waals surface area contributed by atoms with E-state index in [1.54, 1.807) is 0 Å². The monoisotopic (exact) mass is 194 g/mol. The van der Waals surface area contributed by atoms with Gasteiger partial charge in [0.05, 0.1) is 5.02 Å². The first-order valence-corrected chi connectivity index (χ1v) is 3.33. The third-order valence-electron chi connectivity index (χ3n) is 1.22. The smallest absolute Gasteiger partial charge is 0.284 e. The van der Waals surface area contributed by atoms with Crippen LogP contribution in [0.2, 0.25) is 5.02 Å². The SMILES string of the molecule is Nc1nc(C(F)F)c(O)cc1Cl. The van der Waals surface area contributed by atoms with Crippen molar-refractivity contribution in [1.82, 2.24) is 4.98 Å². The molecule has 0 bridgehead atoms. The summed E-state index contributed by atoms with van der Waals surface area (Å²) >= 11 is 5.40. The number of rotatable bonds is 1. The van der Waals surface area contributed by atoms with E-state index < -0.39 is 17.9 Å². The number of hydrogen-bond donors (Lipinski definition) is 2. The first-order valence-electron chi connectivity index (χ1n) is 2.95. The largest absolute Gasteiger partial charge is 0.506 e. The van der Waals surface area contributed by atoms with Crippen molar-refractivity contribution in [2.45, 2.75) is 6.43 Å². The fourth-order valence-corrected chi connectivity index (χ4v) is 0.815. The van der Waals surface area contributed by atoms with E-state index in [0.717, 1.165) is 6.07 Å². The second-order valence-corrected chi connectivity index (χ2v) is 2.47. The molecular formula is C6H5ClF2N2O. The minimum absolute atomic E-state index is 0.0445. The predicted molar refractivity (Wildman–Crippen MR) is 40.3 cm³/mol. The van der Waals surface area contributed by atoms with Crippen LogP contribution in [-0.4, -0.2) is 10.1 Å². The van der Waals surface area contributed by atoms with Gasteiger partial charge in [0.1, 0.15) is 11.6 Å². The molecule has 0 atom stereocenters. The molecule has 0 radical (unpaired) electrons. The first-order chi connectivity index (χ1) is 5.52. The van der Waals surface area contributed by atoms with Crippen LogP contribution in [0.5, 0.6) is 5.75 Å². The molecule has 0 saturated carbocycles. The molecule has 3 N–H and O–H groups in total. The number of alkyl halides is 2. The minimum Gasteiger partial charge on any atom is -0.506 e. The average Bonchev–Trinajstić information content (AvgIpc) is 1.96. The molecule has 66 valence electrons. The van der Waals surface area contributed by atoms with Gasteiger partial charge in [0, 0.05) is 6.07 Å². The Morgan fingerprint density at radius 2 is 2.17 bits per heavy atom. The van der Waals surface area contributed by atoms with E-state index in [4.69, 9.17) is 22.4 Å². The lowest BCUT2D eigenvalue weighted by molar-refractivity contribution is 0.142. The van der Waals surface area contributed by atoms with Gasteiger partial charge in [-0.05, 0) is 0 Å². The van der Waals surface area contributed by atoms with E-state index in [1.165, 1.54) is 0 Å². The topological polar surface area (TPSA) is 59.1 Å². The van der Waals surface area contributed by atoms with Gasteiger partial charge in [-0.25, -0.2) is 13.8 Å². The molecule has 0 aliphatic rings. The number of aromatic nitrogens is 1. The van der Waals surface area contributed by atoms with Gasteiger partial charge in [0.2, 0.25) is 0 Å². The molecule has 0 aromatic carbocycles. The molecule has 0 saturated heterocycles. The molecule has 6 heteroatoms. The zero-order valence-electron chi connectivity index (χ0n) is 5.76. The summed E-state index contributed by atoms with van der Waals surface area (Å²) in [7, 11) is 0. The standard InChI is InChI=1S/C6H5ClF2N2O/c7-2-1-3(12)4(5(8)9)11-6(2)10/h1,5,12H,(H2,10,11). The number of halogens is 3. The van der Waals surface area contributed by atoms with Gasteiger partial charge in [-0.1, -0.05) is 11.6 Å². The van der Waals surface area contributed by atoms with Crippen molar-refractivity contribution in [2.75, 3.05) is 5.73 Å². The molecule has 0 unspecified atom stereocenters. The zero-order chi connectivity index (χ0) is 9.30. The van der Waals surface area contributed by atoms with Crippen LogP contribution >= 0.6 is 11.6 Å². The molecule has 0 aliphatic carbocycles. The second-order valence-electron chi connectivity index (χ2n) is 2.06. The van der Waals surface area contributed by atoms with Gasteiger partial charge in [-0.15, -0.1) is 0 Å². The van der Waals surface area contributed by atoms with E-state index in [9.17, 15) is 8.78 Å². The summed E-state index contributed by atoms with van der Waals surface area (Å²) in [6.45, 7) is 0. The Balaban J connectivity index is 3.23. The highest BCUT2D eigenvalue weighted by Crippen LogP contribution is 2.30. The maximum Gasteiger partial charge on any atom is 0.284 e. The maximum absolute atomic E-state index is 12.0. The van der Waals surface area contributed by atoms with E-state index in [-0.39, 0.29) is 10.8 Å². The summed E-state index contributed by atoms with van der Waals surface area (Å²) in [5.74, 6) is -0.867. The quantitative estimate of drug-likeness (QED) is 0.719. The summed E-state index contributed by atoms with van der Waals surface area (Å²) in [5.41, 5.74) is 4.39. The van der Waals surface area contributed by atoms with Crippen LogP contribution in [0.15, 0.2) is 6.07 Å². The molecule has 1 heterocycles. The Hall–Kier alpha value is -1.10. The van der Waals surface area contributed by atoms with Crippen molar-refractivity contribution in [1.29, 1.82) is 0 Å². The van der Waals surface area contributed by atoms with Crippen LogP contribution in [-0.2, 0) is 0 Å². The molecule has 1 aromatic rings. The van der Waals surface area contributed by atoms with Crippen LogP contribution < -0.4 is 5.73 Å². The van der Waals surface area contributed by atoms with Crippen LogP contribution in [0, 0.1) is 0 Å². The molecule has 1 rings (SSSR count). The maximum atomic E-state index is 12.0. The van der Waals surface area contributed by atoms with Gasteiger partial charge >= 0.3 is 0 Å². The summed E-state index contributed by atoms with van der Waals surface area (Å²) in [5, 5.41) is 8.86. The van der Waals surface area contributed by atoms with Crippen molar-refractivity contribution in [3.05, 3.63) is 16.8 Å². The molecule has 3 nitrogen and oxygen atoms in total. The lowest BCUT2D eigenvalue weighted by Gasteiger charge is -2.04. The van der Waals surface area contributed by atoms with E-state index in [1.807, 2.05) is 0 Å². The molecule has 0 spiro atoms. The lowest BCUT2D eigenvalue weighted by atomic mass is 10.3. The predicted octanol–water partition coefficient (Wildman–Crippen LogP) is 1.96. The molecule has 0 fully saturated rings. The molecule has 0 amide bonds. The van der Waals surface area contributed by atoms with E-state index >= 15 is 0 Å². The fraction of sp³-hybridized carbons (Fsp3) is 0.167. The Morgan fingerprint density at radius 1 is 1.58 bits per heavy atom. The number of nitrogens with zero attached hydrogens (tertiary/aromatic N) is 1. The van der Waals surface area contributed by atoms with Crippen LogP contribution in [0.25, 0.3) is 0 Å². The molecule has 0 aliphatic heterocycles. The first kappa shape index (κ1) is 8.99. The third kappa shape index (κ3) is 1.55. The minimum atomic E-state index is -2.86. The van der Waals surface area contributed by atoms with Crippen molar-refractivity contribution in [3.63, 3.8) is 0 Å². The number of nitrogen functional groups attached to an aromatic ring is 1. The Labute approximate surface area is 71.8 Å². The molecular weight excluding hydrogens is 190 g/mol. The summed E-state index contributed by atoms with van der Waals surface area (Å²) < 4.78 is 24.0. The Morgan fingerprint density at radius 3 is 2.67 bits per heavy atom. The number of hydrogen-bond acceptors (Lipinski definition) is 3. The van der Waals surface area contributed by atoms with Gasteiger partial charge < -0.3 is 10.8 Å². The molecule has 1 aromatic heterocycles. The Bertz CT molecular complexity index is 306. The Kier molecular flexibility index (Phi) is 2.32. The summed E-state index contributed by atoms with van der Waals surface area (Å²) in [6, 6.07) is 0.936. The normalized spacial score (nSPS) is 10.7. The van der Waals surface area contributed by atoms with Gasteiger partial charge in [-0.2, -0.15) is 0 Å². The van der Waals surface area contributed by atoms with Crippen molar-refractivity contribution >= 4 is 17.4 Å². The summed E-state index contributed by atoms with van der Waals surface area (Å²) in [6.07, 6.45) is -2.86. The lowest BCUT2D eigenvalue weighted by Crippen LogP contribution is -1.97. The average molecular weight is 195 g/mol. The highest BCUT2D eigenvalue weighted by atomic mass is 35.5. The van der Waals surface area contributed by atoms with E-state index in [2.05, 4.69) is 4.98 Å². The zero-order valence-corrected chi connectivity index (χ0v) is 6.52. The van der Waals surface area contributed by atoms with Crippen molar-refractivity contribution < 1.29 is 13.9 Å². The van der Waals surface area contributed by atoms with Gasteiger partial charge in [-0.3, -0.25) is 0 Å². The van der Waals surface area contributed by atoms with Crippen molar-refractivity contribution in [3.8, 4) is 5.75 Å². The summed E-state index contributed by atoms with van der Waals surface area (Å²) in [4.78, 5) is 3.22. The highest BCUT2D eigenvalue weighted by molar-refractivity contribution is 6.32. The highest BCUT2D eigenvalue weighted by Gasteiger charge is 2.16. The third-order valence-corrected chi connectivity index (χ3v) is 1.52. The van der Waals surface area contributed by atoms with Crippen molar-refractivity contribution in [2.24, 2.45) is 0 Å². The van der Waals surface area contributed by atoms with Crippen LogP contribution in [0.4, 0.5) is 14.6 Å². The van der Waals surface area contributed by atoms with Gasteiger partial charge in [0.15, 0.2) is 5.69 Å². The number of anilines is 1. The van der Waals surface area contributed by atoms with Gasteiger partial charge in [0.25, 0.3) is 6.43 Å². The van der Waals surface area contributed by atoms with Crippen LogP contribution in [0.1, 0.15) is 12.1 Å². The number of pyridine rings is 1. The number of nitrogens with two attached hydrogens (primary N) is 1.